The van der Waals surface area contributed by atoms with Gasteiger partial charge in [0.05, 0.1) is 6.04 Å². The quantitative estimate of drug-likeness (QED) is 0.228. The summed E-state index contributed by atoms with van der Waals surface area (Å²) < 4.78 is 0. The van der Waals surface area contributed by atoms with Crippen LogP contribution in [0.1, 0.15) is 37.7 Å². The normalized spacial score (nSPS) is 17.6. The Morgan fingerprint density at radius 1 is 1.08 bits per heavy atom. The number of nitrogens with zero attached hydrogens (tertiary/aromatic N) is 1. The van der Waals surface area contributed by atoms with Crippen molar-refractivity contribution in [3.05, 3.63) is 35.9 Å². The molecule has 4 atom stereocenters. The number of hydrogen-bond acceptors (Lipinski definition) is 7. The number of rotatable bonds is 14. The number of nitrogens with one attached hydrogen (secondary N) is 2. The van der Waals surface area contributed by atoms with Crippen LogP contribution >= 0.6 is 11.8 Å². The summed E-state index contributed by atoms with van der Waals surface area (Å²) >= 11 is 1.42. The Balaban J connectivity index is 2.08. The van der Waals surface area contributed by atoms with Gasteiger partial charge in [-0.2, -0.15) is 11.8 Å². The first kappa shape index (κ1) is 29.1. The highest BCUT2D eigenvalue weighted by Gasteiger charge is 2.38. The standard InChI is InChI=1S/C24H34N4O7S/c1-36-13-11-18(24(34)35)27-21(31)17(9-10-20(29)30)26-22(32)19-8-5-12-28(19)23(33)16(25)14-15-6-3-2-4-7-15/h2-4,6-7,16-19H,5,8-14,25H2,1H3,(H,26,32)(H,27,31)(H,29,30)(H,34,35). The number of amides is 3. The van der Waals surface area contributed by atoms with Gasteiger partial charge in [-0.1, -0.05) is 30.3 Å². The Labute approximate surface area is 214 Å². The number of carbonyl (C=O) groups is 5. The number of carbonyl (C=O) groups excluding carboxylic acids is 3. The number of aliphatic carboxylic acids is 2. The Morgan fingerprint density at radius 3 is 2.39 bits per heavy atom. The smallest absolute Gasteiger partial charge is 0.326 e. The maximum absolute atomic E-state index is 13.1. The van der Waals surface area contributed by atoms with Gasteiger partial charge in [-0.3, -0.25) is 19.2 Å². The van der Waals surface area contributed by atoms with Gasteiger partial charge in [0.2, 0.25) is 17.7 Å². The largest absolute Gasteiger partial charge is 0.481 e. The highest BCUT2D eigenvalue weighted by Crippen LogP contribution is 2.20. The van der Waals surface area contributed by atoms with Gasteiger partial charge < -0.3 is 31.5 Å². The zero-order valence-corrected chi connectivity index (χ0v) is 21.0. The number of hydrogen-bond donors (Lipinski definition) is 5. The predicted octanol–water partition coefficient (Wildman–Crippen LogP) is 0.220. The van der Waals surface area contributed by atoms with Crippen molar-refractivity contribution in [3.63, 3.8) is 0 Å². The lowest BCUT2D eigenvalue weighted by molar-refractivity contribution is -0.143. The van der Waals surface area contributed by atoms with E-state index in [9.17, 15) is 29.1 Å². The second-order valence-electron chi connectivity index (χ2n) is 8.66. The highest BCUT2D eigenvalue weighted by atomic mass is 32.2. The molecule has 0 radical (unpaired) electrons. The minimum absolute atomic E-state index is 0.173. The van der Waals surface area contributed by atoms with Crippen LogP contribution in [0.5, 0.6) is 0 Å². The van der Waals surface area contributed by atoms with Crippen LogP contribution in [0.4, 0.5) is 0 Å². The fraction of sp³-hybridized carbons (Fsp3) is 0.542. The van der Waals surface area contributed by atoms with Crippen LogP contribution < -0.4 is 16.4 Å². The summed E-state index contributed by atoms with van der Waals surface area (Å²) in [6.07, 6.45) is 2.59. The molecule has 1 aromatic carbocycles. The Kier molecular flexibility index (Phi) is 11.7. The molecule has 36 heavy (non-hydrogen) atoms. The molecule has 1 heterocycles. The topological polar surface area (TPSA) is 179 Å². The highest BCUT2D eigenvalue weighted by molar-refractivity contribution is 7.98. The van der Waals surface area contributed by atoms with E-state index in [1.165, 1.54) is 16.7 Å². The zero-order chi connectivity index (χ0) is 26.7. The molecule has 3 amide bonds. The molecule has 0 aromatic heterocycles. The predicted molar refractivity (Wildman–Crippen MR) is 134 cm³/mol. The summed E-state index contributed by atoms with van der Waals surface area (Å²) in [4.78, 5) is 62.9. The lowest BCUT2D eigenvalue weighted by Gasteiger charge is -2.28. The molecule has 1 aliphatic heterocycles. The lowest BCUT2D eigenvalue weighted by Crippen LogP contribution is -2.56. The first-order valence-corrected chi connectivity index (χ1v) is 13.2. The molecular formula is C24H34N4O7S. The molecule has 0 bridgehead atoms. The molecule has 12 heteroatoms. The molecule has 2 rings (SSSR count). The average Bonchev–Trinajstić information content (AvgIpc) is 3.34. The first-order chi connectivity index (χ1) is 17.1. The van der Waals surface area contributed by atoms with Crippen LogP contribution in [0.25, 0.3) is 0 Å². The molecule has 6 N–H and O–H groups in total. The molecular weight excluding hydrogens is 488 g/mol. The van der Waals surface area contributed by atoms with Gasteiger partial charge in [0.15, 0.2) is 0 Å². The Morgan fingerprint density at radius 2 is 1.78 bits per heavy atom. The molecule has 11 nitrogen and oxygen atoms in total. The maximum atomic E-state index is 13.1. The van der Waals surface area contributed by atoms with Crippen molar-refractivity contribution in [3.8, 4) is 0 Å². The third-order valence-corrected chi connectivity index (χ3v) is 6.60. The van der Waals surface area contributed by atoms with Gasteiger partial charge in [-0.05, 0) is 49.7 Å². The molecule has 1 fully saturated rings. The minimum Gasteiger partial charge on any atom is -0.481 e. The molecule has 1 saturated heterocycles. The molecule has 0 spiro atoms. The Hall–Kier alpha value is -3.12. The molecule has 0 saturated carbocycles. The van der Waals surface area contributed by atoms with Crippen molar-refractivity contribution in [2.45, 2.75) is 62.7 Å². The number of benzene rings is 1. The fourth-order valence-corrected chi connectivity index (χ4v) is 4.51. The minimum atomic E-state index is -1.26. The maximum Gasteiger partial charge on any atom is 0.326 e. The number of carboxylic acid groups (broad SMARTS) is 2. The van der Waals surface area contributed by atoms with Gasteiger partial charge in [0, 0.05) is 13.0 Å². The third-order valence-electron chi connectivity index (χ3n) is 5.96. The van der Waals surface area contributed by atoms with Gasteiger partial charge in [0.1, 0.15) is 18.1 Å². The number of nitrogens with two attached hydrogens (primary N) is 1. The van der Waals surface area contributed by atoms with Crippen LogP contribution in [0.15, 0.2) is 30.3 Å². The van der Waals surface area contributed by atoms with Gasteiger partial charge >= 0.3 is 11.9 Å². The van der Waals surface area contributed by atoms with Crippen molar-refractivity contribution in [2.24, 2.45) is 5.73 Å². The van der Waals surface area contributed by atoms with E-state index in [-0.39, 0.29) is 18.7 Å². The monoisotopic (exact) mass is 522 g/mol. The van der Waals surface area contributed by atoms with Crippen LogP contribution in [0.2, 0.25) is 0 Å². The van der Waals surface area contributed by atoms with Crippen LogP contribution in [-0.2, 0) is 30.4 Å². The van der Waals surface area contributed by atoms with Crippen molar-refractivity contribution >= 4 is 41.4 Å². The lowest BCUT2D eigenvalue weighted by atomic mass is 10.0. The van der Waals surface area contributed by atoms with Crippen LogP contribution in [0.3, 0.4) is 0 Å². The van der Waals surface area contributed by atoms with Gasteiger partial charge in [-0.25, -0.2) is 4.79 Å². The second kappa shape index (κ2) is 14.4. The molecule has 0 aliphatic carbocycles. The van der Waals surface area contributed by atoms with E-state index >= 15 is 0 Å². The Bertz CT molecular complexity index is 930. The molecule has 1 aliphatic rings. The van der Waals surface area contributed by atoms with E-state index in [2.05, 4.69) is 10.6 Å². The summed E-state index contributed by atoms with van der Waals surface area (Å²) in [5, 5.41) is 23.4. The SMILES string of the molecule is CSCCC(NC(=O)C(CCC(=O)O)NC(=O)C1CCCN1C(=O)C(N)Cc1ccccc1)C(=O)O. The number of thioether (sulfide) groups is 1. The first-order valence-electron chi connectivity index (χ1n) is 11.8. The van der Waals surface area contributed by atoms with Gasteiger partial charge in [-0.15, -0.1) is 0 Å². The van der Waals surface area contributed by atoms with Crippen molar-refractivity contribution in [1.29, 1.82) is 0 Å². The summed E-state index contributed by atoms with van der Waals surface area (Å²) in [5.74, 6) is -3.66. The third kappa shape index (κ3) is 8.83. The molecule has 198 valence electrons. The van der Waals surface area contributed by atoms with Gasteiger partial charge in [0.25, 0.3) is 0 Å². The summed E-state index contributed by atoms with van der Waals surface area (Å²) in [6, 6.07) is 5.12. The summed E-state index contributed by atoms with van der Waals surface area (Å²) in [7, 11) is 0. The summed E-state index contributed by atoms with van der Waals surface area (Å²) in [6.45, 7) is 0.334. The van der Waals surface area contributed by atoms with E-state index in [0.717, 1.165) is 5.56 Å². The van der Waals surface area contributed by atoms with Crippen LogP contribution in [-0.4, -0.2) is 87.5 Å². The molecule has 4 unspecified atom stereocenters. The van der Waals surface area contributed by atoms with E-state index in [0.29, 0.717) is 31.6 Å². The average molecular weight is 523 g/mol. The zero-order valence-electron chi connectivity index (χ0n) is 20.2. The van der Waals surface area contributed by atoms with Crippen LogP contribution in [0, 0.1) is 0 Å². The van der Waals surface area contributed by atoms with E-state index in [1.54, 1.807) is 6.26 Å². The van der Waals surface area contributed by atoms with Crippen molar-refractivity contribution < 1.29 is 34.2 Å². The molecule has 1 aromatic rings. The number of likely N-dealkylation sites (tertiary alicyclic amines) is 1. The number of carboxylic acids is 2. The van der Waals surface area contributed by atoms with E-state index in [1.807, 2.05) is 30.3 Å². The second-order valence-corrected chi connectivity index (χ2v) is 9.65. The van der Waals surface area contributed by atoms with Crippen molar-refractivity contribution in [2.75, 3.05) is 18.6 Å². The van der Waals surface area contributed by atoms with Crippen molar-refractivity contribution in [1.82, 2.24) is 15.5 Å². The fourth-order valence-electron chi connectivity index (χ4n) is 4.04. The van der Waals surface area contributed by atoms with E-state index < -0.39 is 54.3 Å². The van der Waals surface area contributed by atoms with E-state index in [4.69, 9.17) is 10.8 Å². The summed E-state index contributed by atoms with van der Waals surface area (Å²) in [5.41, 5.74) is 7.02.